The van der Waals surface area contributed by atoms with E-state index in [-0.39, 0.29) is 0 Å². The van der Waals surface area contributed by atoms with Gasteiger partial charge in [0.2, 0.25) is 0 Å². The molecule has 0 amide bonds. The fraction of sp³-hybridized carbons (Fsp3) is 0. The standard InChI is InChI=1S/2C48H30N2.C40H26N2/c1-4-16-36-31(12-1)15-11-23-37(36)32-24-26-33(27-25-32)48-49-46(44-28-34-13-2-5-17-38(34)40-19-7-9-21-42(40)44)30-47(50-48)45-29-35-14-3-6-18-39(35)41-20-8-10-22-43(41)45;1-2-12-34-27-35(26-23-31(34)11-1)32-21-24-33(25-22-32)48-49-46(44-28-36-13-3-5-15-38(36)40-17-7-9-19-42(40)44)30-47(50-48)45-29-37-14-4-6-16-39(37)41-18-8-10-20-43(41)45;1-4-16-32-27(10-1)13-7-19-33(32)30-22-24-31(25-23-30)40-41-38(36-20-8-14-28-11-2-5-17-34(28)36)26-39(42-40)37-21-9-15-29-12-3-6-18-35(29)37/h2*1-30H;1-26H. The van der Waals surface area contributed by atoms with E-state index in [1.807, 2.05) is 0 Å². The van der Waals surface area contributed by atoms with Gasteiger partial charge in [-0.15, -0.1) is 0 Å². The number of hydrogen-bond donors (Lipinski definition) is 0. The Kier molecular flexibility index (Phi) is 21.2. The monoisotopic (exact) mass is 1800 g/mol. The topological polar surface area (TPSA) is 77.3 Å². The highest BCUT2D eigenvalue weighted by Gasteiger charge is 2.23. The van der Waals surface area contributed by atoms with Crippen LogP contribution in [-0.4, -0.2) is 29.9 Å². The van der Waals surface area contributed by atoms with Gasteiger partial charge in [0.25, 0.3) is 0 Å². The van der Waals surface area contributed by atoms with Crippen LogP contribution in [0.1, 0.15) is 0 Å². The molecule has 0 radical (unpaired) electrons. The molecular weight excluding hydrogens is 1720 g/mol. The van der Waals surface area contributed by atoms with Crippen LogP contribution in [0.15, 0.2) is 522 Å². The van der Waals surface area contributed by atoms with E-state index < -0.39 is 0 Å². The average Bonchev–Trinajstić information content (AvgIpc) is 0.747. The minimum atomic E-state index is 0.705. The number of fused-ring (bicyclic) bond motifs is 17. The molecule has 28 aromatic rings. The summed E-state index contributed by atoms with van der Waals surface area (Å²) in [4.78, 5) is 31.7. The maximum absolute atomic E-state index is 5.34. The van der Waals surface area contributed by atoms with Crippen molar-refractivity contribution in [1.29, 1.82) is 0 Å². The van der Waals surface area contributed by atoms with Crippen LogP contribution in [0.25, 0.3) is 275 Å². The normalized spacial score (nSPS) is 11.5. The van der Waals surface area contributed by atoms with E-state index in [1.165, 1.54) is 168 Å². The van der Waals surface area contributed by atoms with Crippen molar-refractivity contribution in [3.8, 4) is 135 Å². The molecule has 142 heavy (non-hydrogen) atoms. The van der Waals surface area contributed by atoms with Gasteiger partial charge < -0.3 is 0 Å². The molecule has 6 heteroatoms. The van der Waals surface area contributed by atoms with Crippen molar-refractivity contribution < 1.29 is 0 Å². The Morgan fingerprint density at radius 2 is 0.289 bits per heavy atom. The highest BCUT2D eigenvalue weighted by Crippen LogP contribution is 2.46. The molecule has 0 aliphatic heterocycles. The van der Waals surface area contributed by atoms with Crippen LogP contribution in [0.2, 0.25) is 0 Å². The molecule has 3 heterocycles. The molecule has 0 aliphatic carbocycles. The van der Waals surface area contributed by atoms with Crippen molar-refractivity contribution in [3.63, 3.8) is 0 Å². The van der Waals surface area contributed by atoms with Crippen LogP contribution in [-0.2, 0) is 0 Å². The Labute approximate surface area is 820 Å². The number of hydrogen-bond acceptors (Lipinski definition) is 6. The Hall–Kier alpha value is -18.9. The van der Waals surface area contributed by atoms with E-state index in [0.29, 0.717) is 17.5 Å². The van der Waals surface area contributed by atoms with Gasteiger partial charge in [-0.3, -0.25) is 0 Å². The zero-order valence-electron chi connectivity index (χ0n) is 77.3. The Morgan fingerprint density at radius 3 is 0.585 bits per heavy atom. The van der Waals surface area contributed by atoms with Crippen LogP contribution in [0.5, 0.6) is 0 Å². The minimum absolute atomic E-state index is 0.705. The summed E-state index contributed by atoms with van der Waals surface area (Å²) in [6.07, 6.45) is 0. The second-order valence-corrected chi connectivity index (χ2v) is 36.6. The van der Waals surface area contributed by atoms with Gasteiger partial charge in [-0.2, -0.15) is 0 Å². The van der Waals surface area contributed by atoms with E-state index >= 15 is 0 Å². The first kappa shape index (κ1) is 83.7. The third kappa shape index (κ3) is 15.6. The lowest BCUT2D eigenvalue weighted by atomic mass is 9.93. The van der Waals surface area contributed by atoms with E-state index in [1.54, 1.807) is 0 Å². The summed E-state index contributed by atoms with van der Waals surface area (Å²) in [6, 6.07) is 186. The fourth-order valence-corrected chi connectivity index (χ4v) is 21.3. The van der Waals surface area contributed by atoms with Crippen LogP contribution in [0, 0.1) is 0 Å². The quantitative estimate of drug-likeness (QED) is 0.113. The van der Waals surface area contributed by atoms with Gasteiger partial charge in [-0.1, -0.05) is 473 Å². The molecule has 0 bridgehead atoms. The number of rotatable bonds is 12. The molecule has 25 aromatic carbocycles. The van der Waals surface area contributed by atoms with E-state index in [9.17, 15) is 0 Å². The largest absolute Gasteiger partial charge is 0.228 e. The predicted molar refractivity (Wildman–Crippen MR) is 599 cm³/mol. The Bertz CT molecular complexity index is 9480. The molecule has 6 nitrogen and oxygen atoms in total. The summed E-state index contributed by atoms with van der Waals surface area (Å²) in [6.45, 7) is 0. The molecule has 0 saturated carbocycles. The van der Waals surface area contributed by atoms with Gasteiger partial charge in [0.05, 0.1) is 34.2 Å². The first-order valence-electron chi connectivity index (χ1n) is 48.4. The minimum Gasteiger partial charge on any atom is -0.228 e. The maximum Gasteiger partial charge on any atom is 0.160 e. The van der Waals surface area contributed by atoms with Crippen molar-refractivity contribution >= 4 is 140 Å². The molecule has 0 spiro atoms. The molecule has 3 aromatic heterocycles. The predicted octanol–water partition coefficient (Wildman–Crippen LogP) is 36.4. The molecule has 0 atom stereocenters. The smallest absolute Gasteiger partial charge is 0.160 e. The molecule has 0 unspecified atom stereocenters. The molecule has 28 rings (SSSR count). The highest BCUT2D eigenvalue weighted by atomic mass is 14.9. The van der Waals surface area contributed by atoms with Crippen LogP contribution < -0.4 is 0 Å². The van der Waals surface area contributed by atoms with Crippen molar-refractivity contribution in [2.45, 2.75) is 0 Å². The maximum atomic E-state index is 5.34. The molecule has 0 saturated heterocycles. The van der Waals surface area contributed by atoms with Gasteiger partial charge >= 0.3 is 0 Å². The third-order valence-corrected chi connectivity index (χ3v) is 28.2. The zero-order valence-corrected chi connectivity index (χ0v) is 77.3. The SMILES string of the molecule is c1ccc2c(-c3ccc(-c4nc(-c5cc6ccccc6c6ccccc56)cc(-c5cc6ccccc6c6ccccc56)n4)cc3)cccc2c1.c1ccc2c(-c3ccc(-c4nc(-c5cccc6ccccc56)cc(-c5cccc6ccccc56)n4)cc3)cccc2c1.c1ccc2cc(-c3ccc(-c4nc(-c5cc6ccccc6c6ccccc56)cc(-c5cc6ccccc6c6ccccc56)n4)cc3)ccc2c1. The lowest BCUT2D eigenvalue weighted by Crippen LogP contribution is -1.97. The highest BCUT2D eigenvalue weighted by molar-refractivity contribution is 6.19. The van der Waals surface area contributed by atoms with E-state index in [0.717, 1.165) is 89.8 Å². The summed E-state index contributed by atoms with van der Waals surface area (Å²) in [5.41, 5.74) is 22.1. The van der Waals surface area contributed by atoms with Gasteiger partial charge in [-0.05, 0) is 222 Å². The Balaban J connectivity index is 0.000000110. The fourth-order valence-electron chi connectivity index (χ4n) is 21.3. The lowest BCUT2D eigenvalue weighted by Gasteiger charge is -2.15. The summed E-state index contributed by atoms with van der Waals surface area (Å²) in [7, 11) is 0. The van der Waals surface area contributed by atoms with Crippen molar-refractivity contribution in [2.75, 3.05) is 0 Å². The summed E-state index contributed by atoms with van der Waals surface area (Å²) < 4.78 is 0. The summed E-state index contributed by atoms with van der Waals surface area (Å²) in [5.74, 6) is 2.13. The third-order valence-electron chi connectivity index (χ3n) is 28.2. The molecule has 660 valence electrons. The first-order valence-corrected chi connectivity index (χ1v) is 48.4. The zero-order chi connectivity index (χ0) is 93.9. The Morgan fingerprint density at radius 1 is 0.0915 bits per heavy atom. The molecular formula is C136H86N6. The van der Waals surface area contributed by atoms with Gasteiger partial charge in [0, 0.05) is 50.1 Å². The van der Waals surface area contributed by atoms with Gasteiger partial charge in [0.15, 0.2) is 17.5 Å². The second-order valence-electron chi connectivity index (χ2n) is 36.6. The summed E-state index contributed by atoms with van der Waals surface area (Å²) >= 11 is 0. The van der Waals surface area contributed by atoms with E-state index in [2.05, 4.69) is 522 Å². The number of aromatic nitrogens is 6. The van der Waals surface area contributed by atoms with Crippen molar-refractivity contribution in [2.24, 2.45) is 0 Å². The van der Waals surface area contributed by atoms with Crippen molar-refractivity contribution in [1.82, 2.24) is 29.9 Å². The molecule has 0 N–H and O–H groups in total. The number of benzene rings is 25. The number of nitrogens with zero attached hydrogens (tertiary/aromatic N) is 6. The van der Waals surface area contributed by atoms with Crippen molar-refractivity contribution in [3.05, 3.63) is 522 Å². The average molecular weight is 1800 g/mol. The van der Waals surface area contributed by atoms with E-state index in [4.69, 9.17) is 29.9 Å². The van der Waals surface area contributed by atoms with Crippen LogP contribution in [0.4, 0.5) is 0 Å². The molecule has 0 aliphatic rings. The summed E-state index contributed by atoms with van der Waals surface area (Å²) in [5, 5.41) is 31.5. The molecule has 0 fully saturated rings. The van der Waals surface area contributed by atoms with Gasteiger partial charge in [0.1, 0.15) is 0 Å². The second kappa shape index (κ2) is 36.0. The lowest BCUT2D eigenvalue weighted by molar-refractivity contribution is 1.19. The van der Waals surface area contributed by atoms with Crippen LogP contribution >= 0.6 is 0 Å². The van der Waals surface area contributed by atoms with Gasteiger partial charge in [-0.25, -0.2) is 29.9 Å². The first-order chi connectivity index (χ1) is 70.4. The van der Waals surface area contributed by atoms with Crippen LogP contribution in [0.3, 0.4) is 0 Å².